The van der Waals surface area contributed by atoms with E-state index in [1.54, 1.807) is 30.6 Å². The fraction of sp³-hybridized carbons (Fsp3) is 0. The molecular formula is C11H12N4O2. The molecule has 0 atom stereocenters. The molecule has 1 heterocycles. The fourth-order valence-corrected chi connectivity index (χ4v) is 0.936. The number of nitrogen functional groups attached to an aromatic ring is 2. The Morgan fingerprint density at radius 2 is 1.59 bits per heavy atom. The molecule has 0 aliphatic rings. The fourth-order valence-electron chi connectivity index (χ4n) is 0.936. The van der Waals surface area contributed by atoms with Crippen LogP contribution in [0, 0.1) is 0 Å². The number of aromatic carboxylic acids is 1. The zero-order valence-electron chi connectivity index (χ0n) is 8.95. The molecule has 1 aromatic heterocycles. The second-order valence-electron chi connectivity index (χ2n) is 3.03. The number of aromatic nitrogens is 2. The molecule has 1 aromatic carbocycles. The third-order valence-corrected chi connectivity index (χ3v) is 1.74. The highest BCUT2D eigenvalue weighted by molar-refractivity contribution is 5.87. The number of carboxylic acids is 1. The molecule has 6 nitrogen and oxygen atoms in total. The van der Waals surface area contributed by atoms with Crippen LogP contribution in [0.15, 0.2) is 42.7 Å². The molecule has 0 bridgehead atoms. The van der Waals surface area contributed by atoms with E-state index in [1.165, 1.54) is 12.1 Å². The van der Waals surface area contributed by atoms with Crippen LogP contribution in [-0.2, 0) is 0 Å². The van der Waals surface area contributed by atoms with E-state index in [0.717, 1.165) is 0 Å². The van der Waals surface area contributed by atoms with E-state index < -0.39 is 5.97 Å². The molecule has 6 heteroatoms. The summed E-state index contributed by atoms with van der Waals surface area (Å²) in [5.74, 6) is -0.609. The van der Waals surface area contributed by atoms with Crippen molar-refractivity contribution in [1.82, 2.24) is 9.97 Å². The van der Waals surface area contributed by atoms with Gasteiger partial charge in [-0.1, -0.05) is 0 Å². The number of carbonyl (C=O) groups is 1. The number of nitrogens with two attached hydrogens (primary N) is 2. The summed E-state index contributed by atoms with van der Waals surface area (Å²) in [5.41, 5.74) is 11.3. The minimum absolute atomic E-state index is 0.259. The van der Waals surface area contributed by atoms with E-state index in [1.807, 2.05) is 0 Å². The molecule has 88 valence electrons. The van der Waals surface area contributed by atoms with Crippen LogP contribution in [0.5, 0.6) is 0 Å². The Bertz CT molecular complexity index is 471. The first kappa shape index (κ1) is 12.4. The Morgan fingerprint density at radius 1 is 1.06 bits per heavy atom. The Morgan fingerprint density at radius 3 is 1.94 bits per heavy atom. The van der Waals surface area contributed by atoms with Crippen molar-refractivity contribution in [2.24, 2.45) is 0 Å². The van der Waals surface area contributed by atoms with Crippen LogP contribution in [0.3, 0.4) is 0 Å². The van der Waals surface area contributed by atoms with E-state index in [0.29, 0.717) is 11.6 Å². The van der Waals surface area contributed by atoms with Gasteiger partial charge in [-0.2, -0.15) is 0 Å². The zero-order valence-corrected chi connectivity index (χ0v) is 8.95. The molecule has 0 unspecified atom stereocenters. The molecule has 2 aromatic rings. The molecule has 2 rings (SSSR count). The maximum Gasteiger partial charge on any atom is 0.335 e. The average molecular weight is 232 g/mol. The Hall–Kier alpha value is -2.63. The van der Waals surface area contributed by atoms with Crippen molar-refractivity contribution in [2.75, 3.05) is 11.5 Å². The van der Waals surface area contributed by atoms with Gasteiger partial charge in [0.25, 0.3) is 0 Å². The van der Waals surface area contributed by atoms with Crippen molar-refractivity contribution in [3.63, 3.8) is 0 Å². The second-order valence-corrected chi connectivity index (χ2v) is 3.03. The van der Waals surface area contributed by atoms with Crippen LogP contribution in [0.4, 0.5) is 11.6 Å². The van der Waals surface area contributed by atoms with Crippen LogP contribution in [0.1, 0.15) is 10.4 Å². The van der Waals surface area contributed by atoms with Crippen molar-refractivity contribution < 1.29 is 9.90 Å². The van der Waals surface area contributed by atoms with Gasteiger partial charge in [-0.25, -0.2) is 14.8 Å². The normalized spacial score (nSPS) is 8.94. The number of benzene rings is 1. The molecule has 5 N–H and O–H groups in total. The second kappa shape index (κ2) is 6.06. The zero-order chi connectivity index (χ0) is 12.7. The number of rotatable bonds is 1. The van der Waals surface area contributed by atoms with Gasteiger partial charge < -0.3 is 16.6 Å². The summed E-state index contributed by atoms with van der Waals surface area (Å²) in [6.45, 7) is 0. The standard InChI is InChI=1S/C7H7NO2.C4H5N3/c8-6-3-1-5(2-4-6)7(9)10;5-4-6-2-1-3-7-4/h1-4H,8H2,(H,9,10);1-3H,(H2,5,6,7). The quantitative estimate of drug-likeness (QED) is 0.632. The van der Waals surface area contributed by atoms with Crippen LogP contribution in [-0.4, -0.2) is 21.0 Å². The van der Waals surface area contributed by atoms with Gasteiger partial charge in [-0.3, -0.25) is 0 Å². The molecule has 17 heavy (non-hydrogen) atoms. The molecule has 0 aliphatic carbocycles. The third kappa shape index (κ3) is 4.61. The van der Waals surface area contributed by atoms with Gasteiger partial charge in [-0.15, -0.1) is 0 Å². The van der Waals surface area contributed by atoms with Gasteiger partial charge in [-0.05, 0) is 30.3 Å². The van der Waals surface area contributed by atoms with Crippen molar-refractivity contribution >= 4 is 17.6 Å². The minimum Gasteiger partial charge on any atom is -0.478 e. The van der Waals surface area contributed by atoms with E-state index in [9.17, 15) is 4.79 Å². The van der Waals surface area contributed by atoms with Crippen molar-refractivity contribution in [1.29, 1.82) is 0 Å². The average Bonchev–Trinajstić information content (AvgIpc) is 2.31. The molecule has 0 saturated carbocycles. The van der Waals surface area contributed by atoms with Crippen molar-refractivity contribution in [3.8, 4) is 0 Å². The molecule has 0 radical (unpaired) electrons. The molecule has 0 aliphatic heterocycles. The Labute approximate surface area is 97.9 Å². The minimum atomic E-state index is -0.931. The lowest BCUT2D eigenvalue weighted by molar-refractivity contribution is 0.0697. The lowest BCUT2D eigenvalue weighted by atomic mass is 10.2. The van der Waals surface area contributed by atoms with E-state index in [2.05, 4.69) is 9.97 Å². The summed E-state index contributed by atoms with van der Waals surface area (Å²) in [5, 5.41) is 8.43. The lowest BCUT2D eigenvalue weighted by Crippen LogP contribution is -1.95. The number of carboxylic acid groups (broad SMARTS) is 1. The molecule has 0 saturated heterocycles. The van der Waals surface area contributed by atoms with Crippen LogP contribution >= 0.6 is 0 Å². The Balaban J connectivity index is 0.000000181. The van der Waals surface area contributed by atoms with E-state index in [-0.39, 0.29) is 5.56 Å². The number of hydrogen-bond acceptors (Lipinski definition) is 5. The van der Waals surface area contributed by atoms with E-state index >= 15 is 0 Å². The highest BCUT2D eigenvalue weighted by Gasteiger charge is 1.98. The van der Waals surface area contributed by atoms with Crippen LogP contribution < -0.4 is 11.5 Å². The van der Waals surface area contributed by atoms with Gasteiger partial charge in [0.05, 0.1) is 5.56 Å². The van der Waals surface area contributed by atoms with Crippen molar-refractivity contribution in [3.05, 3.63) is 48.3 Å². The van der Waals surface area contributed by atoms with E-state index in [4.69, 9.17) is 16.6 Å². The summed E-state index contributed by atoms with van der Waals surface area (Å²) in [6, 6.07) is 7.78. The SMILES string of the molecule is Nc1ccc(C(=O)O)cc1.Nc1ncccn1. The van der Waals surface area contributed by atoms with Crippen molar-refractivity contribution in [2.45, 2.75) is 0 Å². The molecule has 0 amide bonds. The predicted molar refractivity (Wildman–Crippen MR) is 64.3 cm³/mol. The van der Waals surface area contributed by atoms with Gasteiger partial charge in [0, 0.05) is 18.1 Å². The molecule has 0 spiro atoms. The first-order valence-electron chi connectivity index (χ1n) is 4.71. The maximum absolute atomic E-state index is 10.3. The molecule has 0 fully saturated rings. The predicted octanol–water partition coefficient (Wildman–Crippen LogP) is 1.03. The maximum atomic E-state index is 10.3. The first-order valence-corrected chi connectivity index (χ1v) is 4.71. The lowest BCUT2D eigenvalue weighted by Gasteiger charge is -1.93. The first-order chi connectivity index (χ1) is 8.09. The highest BCUT2D eigenvalue weighted by Crippen LogP contribution is 2.04. The summed E-state index contributed by atoms with van der Waals surface area (Å²) >= 11 is 0. The van der Waals surface area contributed by atoms with Crippen LogP contribution in [0.25, 0.3) is 0 Å². The number of anilines is 2. The topological polar surface area (TPSA) is 115 Å². The molecular weight excluding hydrogens is 220 g/mol. The largest absolute Gasteiger partial charge is 0.478 e. The summed E-state index contributed by atoms with van der Waals surface area (Å²) in [6.07, 6.45) is 3.20. The summed E-state index contributed by atoms with van der Waals surface area (Å²) in [7, 11) is 0. The summed E-state index contributed by atoms with van der Waals surface area (Å²) < 4.78 is 0. The van der Waals surface area contributed by atoms with Gasteiger partial charge in [0.1, 0.15) is 0 Å². The number of nitrogens with zero attached hydrogens (tertiary/aromatic N) is 2. The highest BCUT2D eigenvalue weighted by atomic mass is 16.4. The number of hydrogen-bond donors (Lipinski definition) is 3. The van der Waals surface area contributed by atoms with Gasteiger partial charge >= 0.3 is 5.97 Å². The summed E-state index contributed by atoms with van der Waals surface area (Å²) in [4.78, 5) is 17.6. The van der Waals surface area contributed by atoms with Gasteiger partial charge in [0.15, 0.2) is 0 Å². The smallest absolute Gasteiger partial charge is 0.335 e. The monoisotopic (exact) mass is 232 g/mol. The third-order valence-electron chi connectivity index (χ3n) is 1.74. The van der Waals surface area contributed by atoms with Crippen LogP contribution in [0.2, 0.25) is 0 Å². The van der Waals surface area contributed by atoms with Gasteiger partial charge in [0.2, 0.25) is 5.95 Å². The Kier molecular flexibility index (Phi) is 4.44.